The van der Waals surface area contributed by atoms with E-state index in [-0.39, 0.29) is 23.5 Å². The van der Waals surface area contributed by atoms with E-state index in [9.17, 15) is 18.0 Å². The Morgan fingerprint density at radius 1 is 1.22 bits per heavy atom. The van der Waals surface area contributed by atoms with E-state index >= 15 is 0 Å². The minimum Gasteiger partial charge on any atom is -0.496 e. The van der Waals surface area contributed by atoms with Gasteiger partial charge >= 0.3 is 6.36 Å². The molecule has 0 saturated heterocycles. The molecule has 0 aliphatic rings. The second-order valence-corrected chi connectivity index (χ2v) is 6.41. The van der Waals surface area contributed by atoms with Gasteiger partial charge in [0.15, 0.2) is 5.78 Å². The molecule has 1 heterocycles. The van der Waals surface area contributed by atoms with Crippen LogP contribution in [-0.2, 0) is 6.42 Å². The summed E-state index contributed by atoms with van der Waals surface area (Å²) in [5.41, 5.74) is 2.02. The van der Waals surface area contributed by atoms with Gasteiger partial charge in [-0.05, 0) is 36.8 Å². The summed E-state index contributed by atoms with van der Waals surface area (Å²) in [6.07, 6.45) is -3.31. The van der Waals surface area contributed by atoms with E-state index in [1.807, 2.05) is 0 Å². The Labute approximate surface area is 157 Å². The number of alkyl halides is 3. The van der Waals surface area contributed by atoms with Gasteiger partial charge in [0.05, 0.1) is 7.11 Å². The highest BCUT2D eigenvalue weighted by Crippen LogP contribution is 2.32. The van der Waals surface area contributed by atoms with Gasteiger partial charge in [-0.2, -0.15) is 0 Å². The minimum atomic E-state index is -4.81. The normalized spacial score (nSPS) is 11.6. The molecule has 27 heavy (non-hydrogen) atoms. The standard InChI is InChI=1S/C19H15ClF3NO3/c1-10-5-13(27-19(21,22)23)8-14-15(9-24-18(10)14)16(25)6-11-3-4-12(20)7-17(11)26-2/h3-5,7-9,24H,6H2,1-2H3. The molecule has 0 saturated carbocycles. The number of benzene rings is 2. The molecule has 1 aromatic heterocycles. The summed E-state index contributed by atoms with van der Waals surface area (Å²) in [4.78, 5) is 15.7. The quantitative estimate of drug-likeness (QED) is 0.581. The van der Waals surface area contributed by atoms with E-state index in [0.717, 1.165) is 0 Å². The van der Waals surface area contributed by atoms with Crippen LogP contribution >= 0.6 is 11.6 Å². The van der Waals surface area contributed by atoms with E-state index in [1.165, 1.54) is 25.4 Å². The van der Waals surface area contributed by atoms with Crippen LogP contribution in [0.2, 0.25) is 5.02 Å². The topological polar surface area (TPSA) is 51.3 Å². The largest absolute Gasteiger partial charge is 0.573 e. The van der Waals surface area contributed by atoms with E-state index in [4.69, 9.17) is 16.3 Å². The number of methoxy groups -OCH3 is 1. The molecule has 1 N–H and O–H groups in total. The summed E-state index contributed by atoms with van der Waals surface area (Å²) in [6.45, 7) is 1.64. The molecule has 8 heteroatoms. The van der Waals surface area contributed by atoms with Gasteiger partial charge in [-0.3, -0.25) is 4.79 Å². The number of H-pyrrole nitrogens is 1. The summed E-state index contributed by atoms with van der Waals surface area (Å²) >= 11 is 5.92. The van der Waals surface area contributed by atoms with Crippen LogP contribution in [0.15, 0.2) is 36.5 Å². The number of Topliss-reactive ketones (excluding diaryl/α,β-unsaturated/α-hetero) is 1. The van der Waals surface area contributed by atoms with Crippen LogP contribution in [0, 0.1) is 6.92 Å². The van der Waals surface area contributed by atoms with Crippen LogP contribution in [0.5, 0.6) is 11.5 Å². The average molecular weight is 398 g/mol. The lowest BCUT2D eigenvalue weighted by Gasteiger charge is -2.11. The molecule has 3 aromatic rings. The van der Waals surface area contributed by atoms with E-state index < -0.39 is 6.36 Å². The number of fused-ring (bicyclic) bond motifs is 1. The van der Waals surface area contributed by atoms with Crippen LogP contribution in [0.3, 0.4) is 0 Å². The Morgan fingerprint density at radius 2 is 1.96 bits per heavy atom. The summed E-state index contributed by atoms with van der Waals surface area (Å²) in [5, 5.41) is 0.840. The van der Waals surface area contributed by atoms with Crippen molar-refractivity contribution < 1.29 is 27.4 Å². The molecular formula is C19H15ClF3NO3. The maximum atomic E-state index is 12.8. The second-order valence-electron chi connectivity index (χ2n) is 5.97. The van der Waals surface area contributed by atoms with Crippen molar-refractivity contribution in [1.82, 2.24) is 4.98 Å². The Morgan fingerprint density at radius 3 is 2.63 bits per heavy atom. The van der Waals surface area contributed by atoms with Crippen LogP contribution in [0.1, 0.15) is 21.5 Å². The van der Waals surface area contributed by atoms with Crippen LogP contribution in [0.4, 0.5) is 13.2 Å². The highest BCUT2D eigenvalue weighted by atomic mass is 35.5. The van der Waals surface area contributed by atoms with Crippen molar-refractivity contribution in [2.75, 3.05) is 7.11 Å². The van der Waals surface area contributed by atoms with Gasteiger partial charge in [-0.25, -0.2) is 0 Å². The number of rotatable bonds is 5. The lowest BCUT2D eigenvalue weighted by Crippen LogP contribution is -2.17. The molecular weight excluding hydrogens is 383 g/mol. The van der Waals surface area contributed by atoms with Crippen molar-refractivity contribution in [2.45, 2.75) is 19.7 Å². The van der Waals surface area contributed by atoms with Crippen molar-refractivity contribution in [2.24, 2.45) is 0 Å². The number of hydrogen-bond acceptors (Lipinski definition) is 3. The third-order valence-electron chi connectivity index (χ3n) is 4.09. The molecule has 0 spiro atoms. The van der Waals surface area contributed by atoms with Crippen LogP contribution < -0.4 is 9.47 Å². The molecule has 0 amide bonds. The second kappa shape index (κ2) is 7.15. The Balaban J connectivity index is 1.98. The first-order chi connectivity index (χ1) is 12.7. The monoisotopic (exact) mass is 397 g/mol. The lowest BCUT2D eigenvalue weighted by atomic mass is 10.0. The maximum Gasteiger partial charge on any atom is 0.573 e. The summed E-state index contributed by atoms with van der Waals surface area (Å²) < 4.78 is 46.9. The highest BCUT2D eigenvalue weighted by Gasteiger charge is 2.31. The molecule has 2 aromatic carbocycles. The van der Waals surface area contributed by atoms with Gasteiger partial charge in [0, 0.05) is 39.7 Å². The Bertz CT molecular complexity index is 1010. The molecule has 0 unspecified atom stereocenters. The van der Waals surface area contributed by atoms with Gasteiger partial charge in [-0.15, -0.1) is 13.2 Å². The fourth-order valence-corrected chi connectivity index (χ4v) is 3.10. The molecule has 0 fully saturated rings. The maximum absolute atomic E-state index is 12.8. The predicted molar refractivity (Wildman–Crippen MR) is 95.8 cm³/mol. The van der Waals surface area contributed by atoms with E-state index in [2.05, 4.69) is 9.72 Å². The molecule has 4 nitrogen and oxygen atoms in total. The molecule has 0 bridgehead atoms. The number of halogens is 4. The van der Waals surface area contributed by atoms with Gasteiger partial charge in [0.2, 0.25) is 0 Å². The number of hydrogen-bond donors (Lipinski definition) is 1. The average Bonchev–Trinajstić information content (AvgIpc) is 2.99. The number of aromatic amines is 1. The van der Waals surface area contributed by atoms with Crippen molar-refractivity contribution in [3.8, 4) is 11.5 Å². The number of aromatic nitrogens is 1. The first kappa shape index (κ1) is 19.1. The molecule has 0 radical (unpaired) electrons. The van der Waals surface area contributed by atoms with Crippen molar-refractivity contribution >= 4 is 28.3 Å². The van der Waals surface area contributed by atoms with Crippen molar-refractivity contribution in [3.63, 3.8) is 0 Å². The fourth-order valence-electron chi connectivity index (χ4n) is 2.94. The van der Waals surface area contributed by atoms with E-state index in [1.54, 1.807) is 25.1 Å². The summed E-state index contributed by atoms with van der Waals surface area (Å²) in [5.74, 6) is -0.177. The minimum absolute atomic E-state index is 0.0106. The predicted octanol–water partition coefficient (Wildman–Crippen LogP) is 5.46. The van der Waals surface area contributed by atoms with Gasteiger partial charge in [0.25, 0.3) is 0 Å². The highest BCUT2D eigenvalue weighted by molar-refractivity contribution is 6.30. The molecule has 0 aliphatic carbocycles. The van der Waals surface area contributed by atoms with Gasteiger partial charge < -0.3 is 14.5 Å². The lowest BCUT2D eigenvalue weighted by molar-refractivity contribution is -0.274. The first-order valence-electron chi connectivity index (χ1n) is 7.91. The van der Waals surface area contributed by atoms with Gasteiger partial charge in [-0.1, -0.05) is 17.7 Å². The molecule has 142 valence electrons. The first-order valence-corrected chi connectivity index (χ1v) is 8.29. The number of ketones is 1. The zero-order chi connectivity index (χ0) is 19.8. The number of carbonyl (C=O) groups is 1. The zero-order valence-electron chi connectivity index (χ0n) is 14.4. The van der Waals surface area contributed by atoms with Crippen molar-refractivity contribution in [1.29, 1.82) is 0 Å². The Kier molecular flexibility index (Phi) is 5.06. The number of ether oxygens (including phenoxy) is 2. The number of nitrogens with one attached hydrogen (secondary N) is 1. The van der Waals surface area contributed by atoms with Gasteiger partial charge in [0.1, 0.15) is 11.5 Å². The van der Waals surface area contributed by atoms with Crippen LogP contribution in [0.25, 0.3) is 10.9 Å². The SMILES string of the molecule is COc1cc(Cl)ccc1CC(=O)c1c[nH]c2c(C)cc(OC(F)(F)F)cc12. The molecule has 0 aliphatic heterocycles. The van der Waals surface area contributed by atoms with Crippen LogP contribution in [-0.4, -0.2) is 24.2 Å². The third kappa shape index (κ3) is 4.19. The molecule has 0 atom stereocenters. The Hall–Kier alpha value is -2.67. The fraction of sp³-hybridized carbons (Fsp3) is 0.211. The zero-order valence-corrected chi connectivity index (χ0v) is 15.2. The molecule has 3 rings (SSSR count). The van der Waals surface area contributed by atoms with Crippen molar-refractivity contribution in [3.05, 3.63) is 58.2 Å². The number of carbonyl (C=O) groups excluding carboxylic acids is 1. The summed E-state index contributed by atoms with van der Waals surface area (Å²) in [6, 6.07) is 7.39. The number of aryl methyl sites for hydroxylation is 1. The third-order valence-corrected chi connectivity index (χ3v) is 4.33. The smallest absolute Gasteiger partial charge is 0.496 e. The summed E-state index contributed by atoms with van der Waals surface area (Å²) in [7, 11) is 1.47. The van der Waals surface area contributed by atoms with E-state index in [0.29, 0.717) is 32.8 Å².